The molecule has 0 spiro atoms. The van der Waals surface area contributed by atoms with E-state index in [1.165, 1.54) is 19.3 Å². The number of aryl methyl sites for hydroxylation is 1. The van der Waals surface area contributed by atoms with Crippen LogP contribution in [0.25, 0.3) is 0 Å². The molecule has 21 heavy (non-hydrogen) atoms. The van der Waals surface area contributed by atoms with Crippen LogP contribution >= 0.6 is 15.9 Å². The van der Waals surface area contributed by atoms with E-state index in [1.807, 2.05) is 30.0 Å². The van der Waals surface area contributed by atoms with Gasteiger partial charge in [-0.2, -0.15) is 0 Å². The first-order chi connectivity index (χ1) is 10.2. The van der Waals surface area contributed by atoms with Crippen molar-refractivity contribution in [1.29, 1.82) is 0 Å². The molecular weight excluding hydrogens is 328 g/mol. The van der Waals surface area contributed by atoms with E-state index >= 15 is 0 Å². The molecule has 1 N–H and O–H groups in total. The summed E-state index contributed by atoms with van der Waals surface area (Å²) in [5, 5.41) is 3.60. The number of hydrogen-bond donors (Lipinski definition) is 1. The van der Waals surface area contributed by atoms with Crippen molar-refractivity contribution < 1.29 is 4.79 Å². The topological polar surface area (TPSA) is 32.3 Å². The molecule has 2 aliphatic rings. The second-order valence-electron chi connectivity index (χ2n) is 6.29. The van der Waals surface area contributed by atoms with E-state index in [0.717, 1.165) is 41.7 Å². The van der Waals surface area contributed by atoms with Gasteiger partial charge in [-0.1, -0.05) is 12.1 Å². The Labute approximate surface area is 135 Å². The third kappa shape index (κ3) is 3.16. The molecule has 2 unspecified atom stereocenters. The minimum Gasteiger partial charge on any atom is -0.338 e. The minimum atomic E-state index is 0.174. The molecule has 2 heterocycles. The highest BCUT2D eigenvalue weighted by atomic mass is 79.9. The van der Waals surface area contributed by atoms with Crippen molar-refractivity contribution in [1.82, 2.24) is 10.2 Å². The number of nitrogens with one attached hydrogen (secondary N) is 1. The lowest BCUT2D eigenvalue weighted by Crippen LogP contribution is -2.46. The van der Waals surface area contributed by atoms with Gasteiger partial charge in [0.15, 0.2) is 0 Å². The molecular formula is C17H23BrN2O. The molecule has 0 aliphatic carbocycles. The number of rotatable bonds is 2. The van der Waals surface area contributed by atoms with Crippen molar-refractivity contribution in [2.75, 3.05) is 19.6 Å². The quantitative estimate of drug-likeness (QED) is 0.886. The highest BCUT2D eigenvalue weighted by Gasteiger charge is 2.31. The van der Waals surface area contributed by atoms with Crippen molar-refractivity contribution >= 4 is 21.8 Å². The molecule has 1 aromatic carbocycles. The van der Waals surface area contributed by atoms with Gasteiger partial charge in [-0.3, -0.25) is 4.79 Å². The number of likely N-dealkylation sites (tertiary alicyclic amines) is 1. The van der Waals surface area contributed by atoms with Crippen LogP contribution in [-0.4, -0.2) is 36.5 Å². The molecule has 2 saturated heterocycles. The van der Waals surface area contributed by atoms with Crippen LogP contribution in [0.15, 0.2) is 22.7 Å². The molecule has 0 saturated carbocycles. The van der Waals surface area contributed by atoms with Gasteiger partial charge in [0, 0.05) is 23.6 Å². The average molecular weight is 351 g/mol. The maximum absolute atomic E-state index is 12.8. The third-order valence-corrected chi connectivity index (χ3v) is 5.89. The maximum Gasteiger partial charge on any atom is 0.255 e. The van der Waals surface area contributed by atoms with Crippen molar-refractivity contribution in [3.05, 3.63) is 33.8 Å². The van der Waals surface area contributed by atoms with Gasteiger partial charge in [-0.25, -0.2) is 0 Å². The Morgan fingerprint density at radius 2 is 2.19 bits per heavy atom. The van der Waals surface area contributed by atoms with Gasteiger partial charge in [0.1, 0.15) is 0 Å². The fourth-order valence-electron chi connectivity index (χ4n) is 3.62. The van der Waals surface area contributed by atoms with E-state index in [2.05, 4.69) is 21.2 Å². The molecule has 4 heteroatoms. The number of hydrogen-bond acceptors (Lipinski definition) is 2. The summed E-state index contributed by atoms with van der Waals surface area (Å²) in [4.78, 5) is 14.9. The van der Waals surface area contributed by atoms with Gasteiger partial charge < -0.3 is 10.2 Å². The Bertz CT molecular complexity index is 526. The molecule has 1 amide bonds. The number of piperidine rings is 1. The van der Waals surface area contributed by atoms with Crippen molar-refractivity contribution in [2.24, 2.45) is 5.92 Å². The normalized spacial score (nSPS) is 26.1. The van der Waals surface area contributed by atoms with E-state index in [1.54, 1.807) is 0 Å². The Balaban J connectivity index is 1.73. The van der Waals surface area contributed by atoms with E-state index in [9.17, 15) is 4.79 Å². The van der Waals surface area contributed by atoms with Crippen LogP contribution < -0.4 is 5.32 Å². The monoisotopic (exact) mass is 350 g/mol. The molecule has 0 radical (unpaired) electrons. The number of carbonyl (C=O) groups excluding carboxylic acids is 1. The summed E-state index contributed by atoms with van der Waals surface area (Å²) in [6.45, 7) is 4.96. The predicted octanol–water partition coefficient (Wildman–Crippen LogP) is 3.36. The van der Waals surface area contributed by atoms with Crippen LogP contribution in [0.4, 0.5) is 0 Å². The first kappa shape index (κ1) is 15.0. The Kier molecular flexibility index (Phi) is 4.65. The minimum absolute atomic E-state index is 0.174. The highest BCUT2D eigenvalue weighted by Crippen LogP contribution is 2.28. The molecule has 0 aromatic heterocycles. The lowest BCUT2D eigenvalue weighted by molar-refractivity contribution is 0.0650. The third-order valence-electron chi connectivity index (χ3n) is 4.83. The number of amides is 1. The number of halogens is 1. The first-order valence-corrected chi connectivity index (χ1v) is 8.74. The summed E-state index contributed by atoms with van der Waals surface area (Å²) in [6.07, 6.45) is 4.91. The lowest BCUT2D eigenvalue weighted by Gasteiger charge is -2.36. The molecule has 3 nitrogen and oxygen atoms in total. The molecule has 0 bridgehead atoms. The number of nitrogens with zero attached hydrogens (tertiary/aromatic N) is 1. The van der Waals surface area contributed by atoms with Crippen LogP contribution in [0.3, 0.4) is 0 Å². The van der Waals surface area contributed by atoms with Gasteiger partial charge in [-0.15, -0.1) is 0 Å². The maximum atomic E-state index is 12.8. The Morgan fingerprint density at radius 1 is 1.33 bits per heavy atom. The zero-order chi connectivity index (χ0) is 14.8. The summed E-state index contributed by atoms with van der Waals surface area (Å²) < 4.78 is 0.941. The molecule has 2 aliphatic heterocycles. The SMILES string of the molecule is Cc1cccc(C(=O)N2CCCC(C3CCCN3)C2)c1Br. The van der Waals surface area contributed by atoms with Gasteiger partial charge in [0.2, 0.25) is 0 Å². The van der Waals surface area contributed by atoms with E-state index in [-0.39, 0.29) is 5.91 Å². The molecule has 114 valence electrons. The van der Waals surface area contributed by atoms with Crippen LogP contribution in [0, 0.1) is 12.8 Å². The van der Waals surface area contributed by atoms with Gasteiger partial charge in [0.25, 0.3) is 5.91 Å². The zero-order valence-corrected chi connectivity index (χ0v) is 14.2. The van der Waals surface area contributed by atoms with E-state index in [4.69, 9.17) is 0 Å². The van der Waals surface area contributed by atoms with Crippen LogP contribution in [-0.2, 0) is 0 Å². The standard InChI is InChI=1S/C17H23BrN2O/c1-12-5-2-7-14(16(12)18)17(21)20-10-4-6-13(11-20)15-8-3-9-19-15/h2,5,7,13,15,19H,3-4,6,8-11H2,1H3. The lowest BCUT2D eigenvalue weighted by atomic mass is 9.89. The van der Waals surface area contributed by atoms with Crippen LogP contribution in [0.5, 0.6) is 0 Å². The average Bonchev–Trinajstić information content (AvgIpc) is 3.04. The molecule has 2 fully saturated rings. The van der Waals surface area contributed by atoms with Gasteiger partial charge in [-0.05, 0) is 72.6 Å². The number of benzene rings is 1. The second-order valence-corrected chi connectivity index (χ2v) is 7.09. The largest absolute Gasteiger partial charge is 0.338 e. The first-order valence-electron chi connectivity index (χ1n) is 7.94. The smallest absolute Gasteiger partial charge is 0.255 e. The molecule has 3 rings (SSSR count). The zero-order valence-electron chi connectivity index (χ0n) is 12.6. The summed E-state index contributed by atoms with van der Waals surface area (Å²) in [7, 11) is 0. The van der Waals surface area contributed by atoms with Gasteiger partial charge >= 0.3 is 0 Å². The predicted molar refractivity (Wildman–Crippen MR) is 88.5 cm³/mol. The Morgan fingerprint density at radius 3 is 2.95 bits per heavy atom. The Hall–Kier alpha value is -0.870. The van der Waals surface area contributed by atoms with Crippen LogP contribution in [0.2, 0.25) is 0 Å². The fourth-order valence-corrected chi connectivity index (χ4v) is 4.05. The summed E-state index contributed by atoms with van der Waals surface area (Å²) in [5.41, 5.74) is 1.92. The summed E-state index contributed by atoms with van der Waals surface area (Å²) in [6, 6.07) is 6.54. The van der Waals surface area contributed by atoms with Crippen molar-refractivity contribution in [3.63, 3.8) is 0 Å². The number of carbonyl (C=O) groups is 1. The van der Waals surface area contributed by atoms with Gasteiger partial charge in [0.05, 0.1) is 5.56 Å². The van der Waals surface area contributed by atoms with E-state index in [0.29, 0.717) is 12.0 Å². The van der Waals surface area contributed by atoms with Crippen molar-refractivity contribution in [2.45, 2.75) is 38.6 Å². The highest BCUT2D eigenvalue weighted by molar-refractivity contribution is 9.10. The van der Waals surface area contributed by atoms with Crippen LogP contribution in [0.1, 0.15) is 41.6 Å². The molecule has 2 atom stereocenters. The fraction of sp³-hybridized carbons (Fsp3) is 0.588. The molecule has 1 aromatic rings. The summed E-state index contributed by atoms with van der Waals surface area (Å²) in [5.74, 6) is 0.794. The van der Waals surface area contributed by atoms with E-state index < -0.39 is 0 Å². The summed E-state index contributed by atoms with van der Waals surface area (Å²) >= 11 is 3.57. The van der Waals surface area contributed by atoms with Crippen molar-refractivity contribution in [3.8, 4) is 0 Å². The second kappa shape index (κ2) is 6.49.